The molecule has 0 aromatic rings. The van der Waals surface area contributed by atoms with E-state index in [2.05, 4.69) is 30.6 Å². The topological polar surface area (TPSA) is 23.5 Å². The van der Waals surface area contributed by atoms with Gasteiger partial charge in [-0.05, 0) is 25.8 Å². The van der Waals surface area contributed by atoms with Crippen LogP contribution in [0.1, 0.15) is 19.3 Å². The summed E-state index contributed by atoms with van der Waals surface area (Å²) < 4.78 is 0. The van der Waals surface area contributed by atoms with Gasteiger partial charge < -0.3 is 10.0 Å². The number of hydrogen-bond donors (Lipinski definition) is 1. The molecule has 1 N–H and O–H groups in total. The first-order chi connectivity index (χ1) is 7.05. The first kappa shape index (κ1) is 12.9. The van der Waals surface area contributed by atoms with Crippen LogP contribution in [0.5, 0.6) is 0 Å². The normalized spacial score (nSPS) is 24.1. The molecule has 1 saturated heterocycles. The van der Waals surface area contributed by atoms with Gasteiger partial charge in [-0.25, -0.2) is 0 Å². The van der Waals surface area contributed by atoms with Gasteiger partial charge in [0.25, 0.3) is 0 Å². The van der Waals surface area contributed by atoms with E-state index in [1.165, 1.54) is 25.9 Å². The second-order valence-corrected chi connectivity index (χ2v) is 10.9. The van der Waals surface area contributed by atoms with E-state index >= 15 is 0 Å². The Morgan fingerprint density at radius 2 is 2.07 bits per heavy atom. The molecule has 0 aliphatic carbocycles. The summed E-state index contributed by atoms with van der Waals surface area (Å²) in [4.78, 5) is 2.66. The average Bonchev–Trinajstić information content (AvgIpc) is 2.59. The van der Waals surface area contributed by atoms with Crippen LogP contribution >= 0.6 is 0 Å². The summed E-state index contributed by atoms with van der Waals surface area (Å²) in [6.07, 6.45) is 7.80. The molecular weight excluding hydrogens is 202 g/mol. The third-order valence-electron chi connectivity index (χ3n) is 3.22. The summed E-state index contributed by atoms with van der Waals surface area (Å²) in [7, 11) is -1.00. The Morgan fingerprint density at radius 3 is 2.67 bits per heavy atom. The highest BCUT2D eigenvalue weighted by molar-refractivity contribution is 6.77. The van der Waals surface area contributed by atoms with Gasteiger partial charge in [0.2, 0.25) is 0 Å². The molecule has 0 saturated carbocycles. The van der Waals surface area contributed by atoms with E-state index in [0.29, 0.717) is 0 Å². The van der Waals surface area contributed by atoms with Crippen molar-refractivity contribution in [3.05, 3.63) is 12.2 Å². The van der Waals surface area contributed by atoms with Crippen molar-refractivity contribution in [2.45, 2.75) is 44.6 Å². The van der Waals surface area contributed by atoms with E-state index < -0.39 is 8.07 Å². The van der Waals surface area contributed by atoms with Crippen molar-refractivity contribution in [2.75, 3.05) is 19.7 Å². The highest BCUT2D eigenvalue weighted by Crippen LogP contribution is 2.25. The van der Waals surface area contributed by atoms with E-state index in [4.69, 9.17) is 5.11 Å². The van der Waals surface area contributed by atoms with Gasteiger partial charge >= 0.3 is 0 Å². The van der Waals surface area contributed by atoms with Gasteiger partial charge in [-0.3, -0.25) is 0 Å². The maximum absolute atomic E-state index is 8.65. The third kappa shape index (κ3) is 4.09. The van der Waals surface area contributed by atoms with Crippen LogP contribution in [-0.2, 0) is 0 Å². The van der Waals surface area contributed by atoms with E-state index in [1.807, 2.05) is 6.08 Å². The fourth-order valence-electron chi connectivity index (χ4n) is 2.51. The highest BCUT2D eigenvalue weighted by Gasteiger charge is 2.34. The minimum atomic E-state index is -1.00. The molecule has 0 aromatic carbocycles. The second-order valence-electron chi connectivity index (χ2n) is 5.50. The minimum absolute atomic E-state index is 0.178. The van der Waals surface area contributed by atoms with Crippen LogP contribution in [0.15, 0.2) is 12.2 Å². The maximum atomic E-state index is 8.65. The van der Waals surface area contributed by atoms with E-state index in [-0.39, 0.29) is 6.61 Å². The smallest absolute Gasteiger partial charge is 0.0638 e. The van der Waals surface area contributed by atoms with E-state index in [1.54, 1.807) is 0 Å². The van der Waals surface area contributed by atoms with Crippen molar-refractivity contribution in [3.8, 4) is 0 Å². The summed E-state index contributed by atoms with van der Waals surface area (Å²) in [6.45, 7) is 10.0. The molecule has 15 heavy (non-hydrogen) atoms. The fourth-order valence-corrected chi connectivity index (χ4v) is 4.93. The monoisotopic (exact) mass is 227 g/mol. The molecule has 0 amide bonds. The maximum Gasteiger partial charge on any atom is 0.0638 e. The first-order valence-electron chi connectivity index (χ1n) is 6.05. The van der Waals surface area contributed by atoms with E-state index in [0.717, 1.165) is 12.1 Å². The number of hydrogen-bond acceptors (Lipinski definition) is 2. The molecule has 2 nitrogen and oxygen atoms in total. The SMILES string of the molecule is C[Si](C)(C)C1CCCN1CC/C=C\CO. The van der Waals surface area contributed by atoms with Gasteiger partial charge in [-0.1, -0.05) is 31.8 Å². The largest absolute Gasteiger partial charge is 0.392 e. The molecule has 1 unspecified atom stereocenters. The predicted molar refractivity (Wildman–Crippen MR) is 68.8 cm³/mol. The lowest BCUT2D eigenvalue weighted by molar-refractivity contribution is 0.309. The second kappa shape index (κ2) is 5.82. The molecule has 1 aliphatic heterocycles. The molecule has 0 aromatic heterocycles. The van der Waals surface area contributed by atoms with Gasteiger partial charge in [-0.15, -0.1) is 0 Å². The fraction of sp³-hybridized carbons (Fsp3) is 0.833. The van der Waals surface area contributed by atoms with Crippen LogP contribution in [0.3, 0.4) is 0 Å². The predicted octanol–water partition coefficient (Wildman–Crippen LogP) is 2.27. The van der Waals surface area contributed by atoms with Crippen LogP contribution < -0.4 is 0 Å². The Morgan fingerprint density at radius 1 is 1.33 bits per heavy atom. The zero-order valence-corrected chi connectivity index (χ0v) is 11.4. The standard InChI is InChI=1S/C12H25NOSi/c1-15(2,3)12-8-7-10-13(12)9-5-4-6-11-14/h4,6,12,14H,5,7-11H2,1-3H3/b6-4-. The minimum Gasteiger partial charge on any atom is -0.392 e. The Kier molecular flexibility index (Phi) is 5.03. The average molecular weight is 227 g/mol. The Balaban J connectivity index is 2.37. The summed E-state index contributed by atoms with van der Waals surface area (Å²) >= 11 is 0. The van der Waals surface area contributed by atoms with Crippen LogP contribution in [0, 0.1) is 0 Å². The third-order valence-corrected chi connectivity index (χ3v) is 5.87. The number of nitrogens with zero attached hydrogens (tertiary/aromatic N) is 1. The summed E-state index contributed by atoms with van der Waals surface area (Å²) in [5, 5.41) is 8.65. The van der Waals surface area contributed by atoms with Crippen molar-refractivity contribution in [2.24, 2.45) is 0 Å². The van der Waals surface area contributed by atoms with Crippen molar-refractivity contribution >= 4 is 8.07 Å². The van der Waals surface area contributed by atoms with Crippen molar-refractivity contribution in [1.29, 1.82) is 0 Å². The molecule has 1 atom stereocenters. The molecule has 0 bridgehead atoms. The zero-order valence-electron chi connectivity index (χ0n) is 10.4. The van der Waals surface area contributed by atoms with E-state index in [9.17, 15) is 0 Å². The summed E-state index contributed by atoms with van der Waals surface area (Å²) in [5.41, 5.74) is 0.875. The molecule has 1 fully saturated rings. The highest BCUT2D eigenvalue weighted by atomic mass is 28.3. The van der Waals surface area contributed by atoms with Crippen LogP contribution in [0.25, 0.3) is 0 Å². The van der Waals surface area contributed by atoms with Crippen molar-refractivity contribution in [3.63, 3.8) is 0 Å². The molecule has 1 aliphatic rings. The first-order valence-corrected chi connectivity index (χ1v) is 9.63. The van der Waals surface area contributed by atoms with Crippen LogP contribution in [-0.4, -0.2) is 43.4 Å². The lowest BCUT2D eigenvalue weighted by Crippen LogP contribution is -2.47. The van der Waals surface area contributed by atoms with Crippen LogP contribution in [0.2, 0.25) is 19.6 Å². The lowest BCUT2D eigenvalue weighted by atomic mass is 10.3. The van der Waals surface area contributed by atoms with Crippen molar-refractivity contribution < 1.29 is 5.11 Å². The lowest BCUT2D eigenvalue weighted by Gasteiger charge is -2.33. The quantitative estimate of drug-likeness (QED) is 0.575. The summed E-state index contributed by atoms with van der Waals surface area (Å²) in [5.74, 6) is 0. The Hall–Kier alpha value is -0.123. The molecule has 0 spiro atoms. The molecule has 0 radical (unpaired) electrons. The van der Waals surface area contributed by atoms with Gasteiger partial charge in [0, 0.05) is 12.2 Å². The molecule has 1 heterocycles. The Labute approximate surface area is 95.0 Å². The Bertz CT molecular complexity index is 210. The van der Waals surface area contributed by atoms with Gasteiger partial charge in [0.05, 0.1) is 14.7 Å². The van der Waals surface area contributed by atoms with Crippen LogP contribution in [0.4, 0.5) is 0 Å². The summed E-state index contributed by atoms with van der Waals surface area (Å²) in [6, 6.07) is 0. The van der Waals surface area contributed by atoms with Crippen molar-refractivity contribution in [1.82, 2.24) is 4.90 Å². The molecule has 3 heteroatoms. The number of rotatable bonds is 5. The number of likely N-dealkylation sites (tertiary alicyclic amines) is 1. The van der Waals surface area contributed by atoms with Gasteiger partial charge in [0.1, 0.15) is 0 Å². The molecule has 88 valence electrons. The van der Waals surface area contributed by atoms with Gasteiger partial charge in [0.15, 0.2) is 0 Å². The molecule has 1 rings (SSSR count). The molecular formula is C12H25NOSi. The number of aliphatic hydroxyl groups excluding tert-OH is 1. The van der Waals surface area contributed by atoms with Gasteiger partial charge in [-0.2, -0.15) is 0 Å². The number of aliphatic hydroxyl groups is 1. The zero-order chi connectivity index (χ0) is 11.3.